The van der Waals surface area contributed by atoms with Gasteiger partial charge in [0.05, 0.1) is 12.1 Å². The number of aliphatic hydroxyl groups is 1. The molecule has 3 aliphatic carbocycles. The van der Waals surface area contributed by atoms with Crippen LogP contribution in [0, 0.1) is 11.8 Å². The Labute approximate surface area is 236 Å². The Morgan fingerprint density at radius 3 is 2.48 bits per heavy atom. The third-order valence-electron chi connectivity index (χ3n) is 10.2. The van der Waals surface area contributed by atoms with Crippen molar-refractivity contribution in [3.63, 3.8) is 0 Å². The highest BCUT2D eigenvalue weighted by molar-refractivity contribution is 5.92. The Balaban J connectivity index is 1.32. The first kappa shape index (κ1) is 27.5. The van der Waals surface area contributed by atoms with Gasteiger partial charge in [-0.1, -0.05) is 43.5 Å². The molecule has 0 unspecified atom stereocenters. The van der Waals surface area contributed by atoms with Crippen LogP contribution in [0.5, 0.6) is 0 Å². The van der Waals surface area contributed by atoms with Crippen molar-refractivity contribution >= 4 is 17.9 Å². The molecule has 3 N–H and O–H groups in total. The normalized spacial score (nSPS) is 32.5. The van der Waals surface area contributed by atoms with E-state index >= 15 is 0 Å². The molecule has 0 spiro atoms. The van der Waals surface area contributed by atoms with Crippen LogP contribution in [-0.4, -0.2) is 91.7 Å². The lowest BCUT2D eigenvalue weighted by Gasteiger charge is -2.49. The minimum absolute atomic E-state index is 0.0705. The Bertz CT molecular complexity index is 1160. The van der Waals surface area contributed by atoms with Crippen molar-refractivity contribution in [2.75, 3.05) is 13.1 Å². The molecule has 1 aromatic rings. The number of piperidine rings is 1. The summed E-state index contributed by atoms with van der Waals surface area (Å²) in [6, 6.07) is 6.37. The molecule has 2 saturated carbocycles. The number of benzene rings is 1. The van der Waals surface area contributed by atoms with E-state index in [4.69, 9.17) is 0 Å². The van der Waals surface area contributed by atoms with E-state index in [1.165, 1.54) is 4.90 Å². The van der Waals surface area contributed by atoms with Crippen molar-refractivity contribution in [1.82, 2.24) is 20.0 Å². The molecule has 7 atom stereocenters. The number of fused-ring (bicyclic) bond motifs is 4. The average Bonchev–Trinajstić information content (AvgIpc) is 3.49. The second kappa shape index (κ2) is 10.3. The monoisotopic (exact) mass is 552 g/mol. The van der Waals surface area contributed by atoms with Gasteiger partial charge in [0.2, 0.25) is 11.8 Å². The van der Waals surface area contributed by atoms with Gasteiger partial charge in [-0.15, -0.1) is 0 Å². The van der Waals surface area contributed by atoms with Gasteiger partial charge in [-0.3, -0.25) is 19.4 Å². The zero-order valence-electron chi connectivity index (χ0n) is 24.0. The number of nitrogens with one attached hydrogen (secondary N) is 1. The standard InChI is InChI=1S/C31H44N4O5/c1-31(2,3)35(30(39)40)27(18-9-5-4-6-10-18)29(38)34-16-21-13-20-14-23(20)33(21)17-24(34)28(37)32-26-22-12-8-7-11-19(22)15-25(26)36/h7-8,11-12,18,20-21,23-27,36H,4-6,9-10,13-17H2,1-3H3,(H,32,37)(H,39,40)/t20-,21+,23+,24-,25-,26-,27-/m0/s1. The summed E-state index contributed by atoms with van der Waals surface area (Å²) in [7, 11) is 0. The third kappa shape index (κ3) is 4.89. The average molecular weight is 553 g/mol. The van der Waals surface area contributed by atoms with E-state index in [1.54, 1.807) is 4.90 Å². The van der Waals surface area contributed by atoms with Crippen LogP contribution in [0.15, 0.2) is 24.3 Å². The van der Waals surface area contributed by atoms with E-state index in [0.717, 1.165) is 56.1 Å². The fourth-order valence-corrected chi connectivity index (χ4v) is 8.19. The number of carbonyl (C=O) groups excluding carboxylic acids is 2. The van der Waals surface area contributed by atoms with Gasteiger partial charge in [-0.2, -0.15) is 0 Å². The zero-order valence-corrected chi connectivity index (χ0v) is 24.0. The fourth-order valence-electron chi connectivity index (χ4n) is 8.19. The number of piperazine rings is 1. The molecule has 2 saturated heterocycles. The highest BCUT2D eigenvalue weighted by Crippen LogP contribution is 2.49. The topological polar surface area (TPSA) is 113 Å². The summed E-state index contributed by atoms with van der Waals surface area (Å²) in [4.78, 5) is 46.9. The summed E-state index contributed by atoms with van der Waals surface area (Å²) in [6.07, 6.45) is 5.52. The molecule has 0 bridgehead atoms. The van der Waals surface area contributed by atoms with Gasteiger partial charge in [0.15, 0.2) is 0 Å². The summed E-state index contributed by atoms with van der Waals surface area (Å²) in [6.45, 7) is 6.42. The summed E-state index contributed by atoms with van der Waals surface area (Å²) in [5, 5.41) is 24.3. The molecule has 9 nitrogen and oxygen atoms in total. The first-order valence-corrected chi connectivity index (χ1v) is 15.2. The van der Waals surface area contributed by atoms with Crippen molar-refractivity contribution in [2.45, 2.75) is 114 Å². The fraction of sp³-hybridized carbons (Fsp3) is 0.710. The molecule has 9 heteroatoms. The molecule has 40 heavy (non-hydrogen) atoms. The minimum Gasteiger partial charge on any atom is -0.465 e. The molecule has 0 aromatic heterocycles. The van der Waals surface area contributed by atoms with Crippen molar-refractivity contribution in [3.05, 3.63) is 35.4 Å². The van der Waals surface area contributed by atoms with Crippen LogP contribution in [0.3, 0.4) is 0 Å². The first-order chi connectivity index (χ1) is 19.0. The molecule has 6 rings (SSSR count). The van der Waals surface area contributed by atoms with E-state index in [1.807, 2.05) is 45.0 Å². The molecule has 1 aromatic carbocycles. The van der Waals surface area contributed by atoms with Crippen LogP contribution in [0.1, 0.15) is 82.9 Å². The molecular weight excluding hydrogens is 508 g/mol. The number of hydrogen-bond donors (Lipinski definition) is 3. The maximum absolute atomic E-state index is 14.7. The van der Waals surface area contributed by atoms with Crippen molar-refractivity contribution < 1.29 is 24.6 Å². The number of hydrogen-bond acceptors (Lipinski definition) is 5. The lowest BCUT2D eigenvalue weighted by atomic mass is 9.81. The molecule has 218 valence electrons. The van der Waals surface area contributed by atoms with Crippen LogP contribution < -0.4 is 5.32 Å². The molecule has 0 radical (unpaired) electrons. The van der Waals surface area contributed by atoms with Gasteiger partial charge in [0.1, 0.15) is 12.1 Å². The highest BCUT2D eigenvalue weighted by atomic mass is 16.4. The van der Waals surface area contributed by atoms with Crippen molar-refractivity contribution in [3.8, 4) is 0 Å². The van der Waals surface area contributed by atoms with E-state index < -0.39 is 35.9 Å². The SMILES string of the molecule is CC(C)(C)N(C(=O)O)[C@H](C(=O)N1C[C@H]2C[C@H]3C[C@H]3N2C[C@H]1C(=O)N[C@H]1c2ccccc2C[C@@H]1O)C1CCCCC1. The summed E-state index contributed by atoms with van der Waals surface area (Å²) < 4.78 is 0. The number of nitrogens with zero attached hydrogens (tertiary/aromatic N) is 3. The largest absolute Gasteiger partial charge is 0.465 e. The predicted molar refractivity (Wildman–Crippen MR) is 150 cm³/mol. The second-order valence-corrected chi connectivity index (χ2v) is 13.8. The Kier molecular flexibility index (Phi) is 7.10. The number of rotatable bonds is 5. The third-order valence-corrected chi connectivity index (χ3v) is 10.2. The van der Waals surface area contributed by atoms with E-state index in [-0.39, 0.29) is 23.8 Å². The van der Waals surface area contributed by atoms with Gasteiger partial charge in [-0.25, -0.2) is 4.79 Å². The Morgan fingerprint density at radius 2 is 1.77 bits per heavy atom. The van der Waals surface area contributed by atoms with Gasteiger partial charge in [0.25, 0.3) is 0 Å². The predicted octanol–water partition coefficient (Wildman–Crippen LogP) is 3.16. The van der Waals surface area contributed by atoms with Gasteiger partial charge in [-0.05, 0) is 69.4 Å². The first-order valence-electron chi connectivity index (χ1n) is 15.2. The molecular formula is C31H44N4O5. The number of aliphatic hydroxyl groups excluding tert-OH is 1. The summed E-state index contributed by atoms with van der Waals surface area (Å²) in [5.74, 6) is 0.0546. The molecule has 5 aliphatic rings. The summed E-state index contributed by atoms with van der Waals surface area (Å²) >= 11 is 0. The Hall–Kier alpha value is -2.65. The van der Waals surface area contributed by atoms with Crippen LogP contribution in [-0.2, 0) is 16.0 Å². The smallest absolute Gasteiger partial charge is 0.408 e. The second-order valence-electron chi connectivity index (χ2n) is 13.8. The van der Waals surface area contributed by atoms with Gasteiger partial charge in [0, 0.05) is 37.1 Å². The zero-order chi connectivity index (χ0) is 28.3. The molecule has 2 aliphatic heterocycles. The number of carbonyl (C=O) groups is 3. The Morgan fingerprint density at radius 1 is 1.05 bits per heavy atom. The lowest BCUT2D eigenvalue weighted by Crippen LogP contribution is -2.68. The van der Waals surface area contributed by atoms with Crippen LogP contribution in [0.4, 0.5) is 4.79 Å². The van der Waals surface area contributed by atoms with Crippen molar-refractivity contribution in [1.29, 1.82) is 0 Å². The maximum Gasteiger partial charge on any atom is 0.408 e. The molecule has 3 amide bonds. The number of carboxylic acid groups (broad SMARTS) is 1. The summed E-state index contributed by atoms with van der Waals surface area (Å²) in [5.41, 5.74) is 1.18. The minimum atomic E-state index is -1.09. The maximum atomic E-state index is 14.7. The van der Waals surface area contributed by atoms with Gasteiger partial charge < -0.3 is 20.4 Å². The lowest BCUT2D eigenvalue weighted by molar-refractivity contribution is -0.153. The quantitative estimate of drug-likeness (QED) is 0.517. The van der Waals surface area contributed by atoms with E-state index in [9.17, 15) is 24.6 Å². The molecule has 4 fully saturated rings. The van der Waals surface area contributed by atoms with E-state index in [2.05, 4.69) is 10.2 Å². The van der Waals surface area contributed by atoms with Crippen molar-refractivity contribution in [2.24, 2.45) is 11.8 Å². The highest BCUT2D eigenvalue weighted by Gasteiger charge is 2.57. The number of amides is 3. The van der Waals surface area contributed by atoms with Gasteiger partial charge >= 0.3 is 6.09 Å². The van der Waals surface area contributed by atoms with Crippen LogP contribution >= 0.6 is 0 Å². The molecule has 2 heterocycles. The van der Waals surface area contributed by atoms with Crippen LogP contribution in [0.25, 0.3) is 0 Å². The van der Waals surface area contributed by atoms with E-state index in [0.29, 0.717) is 31.5 Å². The van der Waals surface area contributed by atoms with Crippen LogP contribution in [0.2, 0.25) is 0 Å².